The number of hydrogen-bond acceptors (Lipinski definition) is 3. The van der Waals surface area contributed by atoms with E-state index in [-0.39, 0.29) is 10.5 Å². The zero-order valence-electron chi connectivity index (χ0n) is 10.7. The molecule has 5 nitrogen and oxygen atoms in total. The van der Waals surface area contributed by atoms with Crippen molar-refractivity contribution >= 4 is 21.6 Å². The van der Waals surface area contributed by atoms with Gasteiger partial charge in [0.25, 0.3) is 5.91 Å². The van der Waals surface area contributed by atoms with Crippen molar-refractivity contribution < 1.29 is 17.6 Å². The van der Waals surface area contributed by atoms with Gasteiger partial charge in [0.15, 0.2) is 0 Å². The van der Waals surface area contributed by atoms with Crippen LogP contribution in [0.5, 0.6) is 0 Å². The van der Waals surface area contributed by atoms with Crippen molar-refractivity contribution in [2.24, 2.45) is 0 Å². The fourth-order valence-corrected chi connectivity index (χ4v) is 3.57. The molecule has 19 heavy (non-hydrogen) atoms. The van der Waals surface area contributed by atoms with E-state index in [2.05, 4.69) is 5.32 Å². The van der Waals surface area contributed by atoms with Gasteiger partial charge in [0.05, 0.1) is 4.90 Å². The topological polar surface area (TPSA) is 66.5 Å². The van der Waals surface area contributed by atoms with Crippen LogP contribution in [0.4, 0.5) is 10.1 Å². The van der Waals surface area contributed by atoms with E-state index in [0.717, 1.165) is 0 Å². The van der Waals surface area contributed by atoms with Gasteiger partial charge >= 0.3 is 0 Å². The molecule has 0 aliphatic carbocycles. The largest absolute Gasteiger partial charge is 0.323 e. The molecule has 0 bridgehead atoms. The summed E-state index contributed by atoms with van der Waals surface area (Å²) in [6.45, 7) is 4.15. The van der Waals surface area contributed by atoms with Crippen molar-refractivity contribution in [1.82, 2.24) is 4.31 Å². The summed E-state index contributed by atoms with van der Waals surface area (Å²) >= 11 is 0. The number of fused-ring (bicyclic) bond motifs is 1. The minimum absolute atomic E-state index is 0.00843. The Morgan fingerprint density at radius 1 is 1.32 bits per heavy atom. The van der Waals surface area contributed by atoms with E-state index >= 15 is 0 Å². The molecule has 0 radical (unpaired) electrons. The average Bonchev–Trinajstić information content (AvgIpc) is 2.66. The van der Waals surface area contributed by atoms with Gasteiger partial charge in [0.2, 0.25) is 16.2 Å². The van der Waals surface area contributed by atoms with Crippen LogP contribution in [-0.2, 0) is 14.8 Å². The standard InChI is InChI=1S/C12H15FN2O3S/c1-3-15(4-2)19(17,18)8-5-6-10-9(7-8)11(13)12(16)14-10/h5-7,11H,3-4H2,1-2H3,(H,14,16). The van der Waals surface area contributed by atoms with Gasteiger partial charge in [-0.25, -0.2) is 12.8 Å². The van der Waals surface area contributed by atoms with Crippen LogP contribution in [0.3, 0.4) is 0 Å². The van der Waals surface area contributed by atoms with Crippen LogP contribution in [0.2, 0.25) is 0 Å². The first-order valence-corrected chi connectivity index (χ1v) is 7.44. The molecule has 0 fully saturated rings. The van der Waals surface area contributed by atoms with Crippen LogP contribution in [0.25, 0.3) is 0 Å². The van der Waals surface area contributed by atoms with Crippen LogP contribution < -0.4 is 5.32 Å². The molecular formula is C12H15FN2O3S. The summed E-state index contributed by atoms with van der Waals surface area (Å²) in [6.07, 6.45) is -1.80. The van der Waals surface area contributed by atoms with Crippen molar-refractivity contribution in [1.29, 1.82) is 0 Å². The Morgan fingerprint density at radius 2 is 1.95 bits per heavy atom. The highest BCUT2D eigenvalue weighted by Crippen LogP contribution is 2.35. The fraction of sp³-hybridized carbons (Fsp3) is 0.417. The maximum Gasteiger partial charge on any atom is 0.263 e. The van der Waals surface area contributed by atoms with Gasteiger partial charge < -0.3 is 5.32 Å². The molecule has 1 aliphatic rings. The number of anilines is 1. The molecule has 0 saturated carbocycles. The normalized spacial score (nSPS) is 18.5. The number of halogens is 1. The number of benzene rings is 1. The van der Waals surface area contributed by atoms with E-state index in [0.29, 0.717) is 18.8 Å². The summed E-state index contributed by atoms with van der Waals surface area (Å²) in [7, 11) is -3.64. The van der Waals surface area contributed by atoms with Gasteiger partial charge in [0.1, 0.15) is 0 Å². The molecule has 2 rings (SSSR count). The predicted octanol–water partition coefficient (Wildman–Crippen LogP) is 1.68. The molecule has 1 amide bonds. The Morgan fingerprint density at radius 3 is 2.53 bits per heavy atom. The van der Waals surface area contributed by atoms with Gasteiger partial charge in [-0.2, -0.15) is 4.31 Å². The molecule has 1 aromatic carbocycles. The number of sulfonamides is 1. The highest BCUT2D eigenvalue weighted by molar-refractivity contribution is 7.89. The molecule has 1 heterocycles. The van der Waals surface area contributed by atoms with E-state index in [1.54, 1.807) is 13.8 Å². The third-order valence-corrected chi connectivity index (χ3v) is 5.17. The number of hydrogen-bond donors (Lipinski definition) is 1. The number of carbonyl (C=O) groups excluding carboxylic acids is 1. The molecule has 0 saturated heterocycles. The number of rotatable bonds is 4. The minimum atomic E-state index is -3.64. The number of carbonyl (C=O) groups is 1. The van der Waals surface area contributed by atoms with Crippen LogP contribution in [0, 0.1) is 0 Å². The highest BCUT2D eigenvalue weighted by atomic mass is 32.2. The first kappa shape index (κ1) is 14.0. The van der Waals surface area contributed by atoms with E-state index in [1.165, 1.54) is 22.5 Å². The zero-order chi connectivity index (χ0) is 14.2. The lowest BCUT2D eigenvalue weighted by Crippen LogP contribution is -2.30. The first-order chi connectivity index (χ1) is 8.91. The quantitative estimate of drug-likeness (QED) is 0.915. The SMILES string of the molecule is CCN(CC)S(=O)(=O)c1ccc2c(c1)C(F)C(=O)N2. The van der Waals surface area contributed by atoms with Crippen LogP contribution in [0.1, 0.15) is 25.6 Å². The average molecular weight is 286 g/mol. The maximum absolute atomic E-state index is 13.6. The van der Waals surface area contributed by atoms with Crippen LogP contribution in [-0.4, -0.2) is 31.7 Å². The Kier molecular flexibility index (Phi) is 3.60. The van der Waals surface area contributed by atoms with Gasteiger partial charge in [0, 0.05) is 24.3 Å². The second-order valence-electron chi connectivity index (χ2n) is 4.19. The Hall–Kier alpha value is -1.47. The van der Waals surface area contributed by atoms with Crippen LogP contribution in [0.15, 0.2) is 23.1 Å². The summed E-state index contributed by atoms with van der Waals surface area (Å²) in [4.78, 5) is 11.2. The number of nitrogens with one attached hydrogen (secondary N) is 1. The van der Waals surface area contributed by atoms with E-state index < -0.39 is 22.1 Å². The molecule has 104 valence electrons. The first-order valence-electron chi connectivity index (χ1n) is 6.00. The fourth-order valence-electron chi connectivity index (χ4n) is 2.07. The van der Waals surface area contributed by atoms with Crippen molar-refractivity contribution in [3.63, 3.8) is 0 Å². The number of nitrogens with zero attached hydrogens (tertiary/aromatic N) is 1. The van der Waals surface area contributed by atoms with Crippen molar-refractivity contribution in [3.05, 3.63) is 23.8 Å². The van der Waals surface area contributed by atoms with Gasteiger partial charge in [-0.3, -0.25) is 4.79 Å². The van der Waals surface area contributed by atoms with Gasteiger partial charge in [-0.1, -0.05) is 13.8 Å². The number of amides is 1. The maximum atomic E-state index is 13.6. The zero-order valence-corrected chi connectivity index (χ0v) is 11.5. The molecule has 1 aliphatic heterocycles. The third-order valence-electron chi connectivity index (χ3n) is 3.13. The van der Waals surface area contributed by atoms with E-state index in [4.69, 9.17) is 0 Å². The monoisotopic (exact) mass is 286 g/mol. The lowest BCUT2D eigenvalue weighted by molar-refractivity contribution is -0.120. The Bertz CT molecular complexity index is 611. The molecule has 1 N–H and O–H groups in total. The van der Waals surface area contributed by atoms with Crippen LogP contribution >= 0.6 is 0 Å². The molecule has 0 aromatic heterocycles. The highest BCUT2D eigenvalue weighted by Gasteiger charge is 2.32. The van der Waals surface area contributed by atoms with Crippen molar-refractivity contribution in [2.75, 3.05) is 18.4 Å². The summed E-state index contributed by atoms with van der Waals surface area (Å²) < 4.78 is 39.5. The summed E-state index contributed by atoms with van der Waals surface area (Å²) in [5.41, 5.74) is 0.411. The van der Waals surface area contributed by atoms with Crippen molar-refractivity contribution in [2.45, 2.75) is 24.9 Å². The summed E-state index contributed by atoms with van der Waals surface area (Å²) in [6, 6.07) is 4.03. The van der Waals surface area contributed by atoms with E-state index in [1.807, 2.05) is 0 Å². The predicted molar refractivity (Wildman–Crippen MR) is 69.0 cm³/mol. The summed E-state index contributed by atoms with van der Waals surface area (Å²) in [5.74, 6) is -0.757. The van der Waals surface area contributed by atoms with Crippen molar-refractivity contribution in [3.8, 4) is 0 Å². The molecule has 1 atom stereocenters. The third kappa shape index (κ3) is 2.23. The molecule has 1 aromatic rings. The molecule has 1 unspecified atom stereocenters. The van der Waals surface area contributed by atoms with Gasteiger partial charge in [-0.15, -0.1) is 0 Å². The Labute approximate surface area is 111 Å². The Balaban J connectivity index is 2.47. The lowest BCUT2D eigenvalue weighted by Gasteiger charge is -2.18. The lowest BCUT2D eigenvalue weighted by atomic mass is 10.1. The minimum Gasteiger partial charge on any atom is -0.323 e. The smallest absolute Gasteiger partial charge is 0.263 e. The second kappa shape index (κ2) is 4.90. The number of alkyl halides is 1. The molecule has 7 heteroatoms. The molecule has 0 spiro atoms. The summed E-state index contributed by atoms with van der Waals surface area (Å²) in [5, 5.41) is 2.36. The molecular weight excluding hydrogens is 271 g/mol. The van der Waals surface area contributed by atoms with E-state index in [9.17, 15) is 17.6 Å². The second-order valence-corrected chi connectivity index (χ2v) is 6.13. The van der Waals surface area contributed by atoms with Gasteiger partial charge in [-0.05, 0) is 18.2 Å².